The average Bonchev–Trinajstić information content (AvgIpc) is 3.20. The van der Waals surface area contributed by atoms with Gasteiger partial charge in [0.15, 0.2) is 0 Å². The molecule has 0 bridgehead atoms. The molecule has 0 radical (unpaired) electrons. The molecule has 1 fully saturated rings. The first-order valence-electron chi connectivity index (χ1n) is 7.07. The zero-order chi connectivity index (χ0) is 12.8. The Bertz CT molecular complexity index is 678. The number of nitrogens with zero attached hydrogens (tertiary/aromatic N) is 1. The Balaban J connectivity index is 1.78. The van der Waals surface area contributed by atoms with E-state index in [1.807, 2.05) is 6.20 Å². The SMILES string of the molecule is Cc1ccc2c(c1)C(c1ccnc(C3CC3)c1)=CC2. The molecule has 19 heavy (non-hydrogen) atoms. The third-order valence-electron chi connectivity index (χ3n) is 4.17. The van der Waals surface area contributed by atoms with E-state index in [9.17, 15) is 0 Å². The van der Waals surface area contributed by atoms with E-state index < -0.39 is 0 Å². The van der Waals surface area contributed by atoms with Crippen molar-refractivity contribution in [2.75, 3.05) is 0 Å². The Morgan fingerprint density at radius 1 is 1.11 bits per heavy atom. The van der Waals surface area contributed by atoms with Gasteiger partial charge in [0, 0.05) is 17.8 Å². The average molecular weight is 247 g/mol. The van der Waals surface area contributed by atoms with Gasteiger partial charge in [0.05, 0.1) is 0 Å². The van der Waals surface area contributed by atoms with Gasteiger partial charge in [-0.15, -0.1) is 0 Å². The van der Waals surface area contributed by atoms with Gasteiger partial charge >= 0.3 is 0 Å². The van der Waals surface area contributed by atoms with E-state index in [1.165, 1.54) is 46.4 Å². The van der Waals surface area contributed by atoms with E-state index in [1.54, 1.807) is 0 Å². The van der Waals surface area contributed by atoms with Crippen molar-refractivity contribution in [2.24, 2.45) is 0 Å². The monoisotopic (exact) mass is 247 g/mol. The van der Waals surface area contributed by atoms with Crippen molar-refractivity contribution in [3.8, 4) is 0 Å². The molecule has 0 saturated heterocycles. The van der Waals surface area contributed by atoms with Gasteiger partial charge in [-0.25, -0.2) is 0 Å². The third kappa shape index (κ3) is 1.90. The predicted octanol–water partition coefficient (Wildman–Crippen LogP) is 4.26. The maximum Gasteiger partial charge on any atom is 0.0440 e. The fraction of sp³-hybridized carbons (Fsp3) is 0.278. The van der Waals surface area contributed by atoms with Gasteiger partial charge in [-0.1, -0.05) is 29.8 Å². The number of aryl methyl sites for hydroxylation is 1. The number of fused-ring (bicyclic) bond motifs is 1. The number of pyridine rings is 1. The normalized spacial score (nSPS) is 17.2. The van der Waals surface area contributed by atoms with E-state index in [-0.39, 0.29) is 0 Å². The van der Waals surface area contributed by atoms with E-state index in [0.29, 0.717) is 0 Å². The van der Waals surface area contributed by atoms with Crippen molar-refractivity contribution in [1.82, 2.24) is 4.98 Å². The van der Waals surface area contributed by atoms with Crippen LogP contribution in [-0.2, 0) is 6.42 Å². The van der Waals surface area contributed by atoms with E-state index in [0.717, 1.165) is 12.3 Å². The van der Waals surface area contributed by atoms with Crippen LogP contribution in [0.15, 0.2) is 42.6 Å². The summed E-state index contributed by atoms with van der Waals surface area (Å²) >= 11 is 0. The molecule has 1 aromatic heterocycles. The van der Waals surface area contributed by atoms with Crippen molar-refractivity contribution in [2.45, 2.75) is 32.1 Å². The minimum atomic E-state index is 0.721. The summed E-state index contributed by atoms with van der Waals surface area (Å²) < 4.78 is 0. The van der Waals surface area contributed by atoms with Crippen LogP contribution in [0.1, 0.15) is 46.7 Å². The lowest BCUT2D eigenvalue weighted by molar-refractivity contribution is 1.02. The molecule has 94 valence electrons. The Labute approximate surface area is 114 Å². The molecule has 1 heteroatoms. The van der Waals surface area contributed by atoms with Crippen molar-refractivity contribution in [1.29, 1.82) is 0 Å². The summed E-state index contributed by atoms with van der Waals surface area (Å²) in [6.07, 6.45) is 8.01. The standard InChI is InChI=1S/C18H17N/c1-12-2-3-13-6-7-16(17(13)10-12)15-8-9-19-18(11-15)14-4-5-14/h2-3,7-11,14H,4-6H2,1H3. The predicted molar refractivity (Wildman–Crippen MR) is 78.2 cm³/mol. The van der Waals surface area contributed by atoms with Crippen LogP contribution < -0.4 is 0 Å². The first-order valence-corrected chi connectivity index (χ1v) is 7.07. The Hall–Kier alpha value is -1.89. The molecule has 2 aromatic rings. The van der Waals surface area contributed by atoms with Crippen LogP contribution in [0.2, 0.25) is 0 Å². The van der Waals surface area contributed by atoms with Crippen LogP contribution in [0.4, 0.5) is 0 Å². The quantitative estimate of drug-likeness (QED) is 0.773. The molecule has 2 aliphatic rings. The number of benzene rings is 1. The van der Waals surface area contributed by atoms with Gasteiger partial charge < -0.3 is 0 Å². The Morgan fingerprint density at radius 3 is 2.84 bits per heavy atom. The molecular weight excluding hydrogens is 230 g/mol. The summed E-state index contributed by atoms with van der Waals surface area (Å²) in [4.78, 5) is 4.52. The molecule has 0 unspecified atom stereocenters. The highest BCUT2D eigenvalue weighted by atomic mass is 14.7. The topological polar surface area (TPSA) is 12.9 Å². The Morgan fingerprint density at radius 2 is 2.00 bits per heavy atom. The van der Waals surface area contributed by atoms with Gasteiger partial charge in [0.25, 0.3) is 0 Å². The highest BCUT2D eigenvalue weighted by molar-refractivity contribution is 5.84. The molecule has 1 aromatic carbocycles. The molecule has 0 spiro atoms. The van der Waals surface area contributed by atoms with Crippen LogP contribution >= 0.6 is 0 Å². The summed E-state index contributed by atoms with van der Waals surface area (Å²) in [6.45, 7) is 2.17. The molecule has 4 rings (SSSR count). The first-order chi connectivity index (χ1) is 9.31. The summed E-state index contributed by atoms with van der Waals surface area (Å²) in [5.74, 6) is 0.721. The largest absolute Gasteiger partial charge is 0.261 e. The molecule has 1 nitrogen and oxygen atoms in total. The highest BCUT2D eigenvalue weighted by Crippen LogP contribution is 2.40. The van der Waals surface area contributed by atoms with Crippen molar-refractivity contribution in [3.05, 3.63) is 70.6 Å². The minimum Gasteiger partial charge on any atom is -0.261 e. The van der Waals surface area contributed by atoms with E-state index in [4.69, 9.17) is 0 Å². The van der Waals surface area contributed by atoms with Crippen molar-refractivity contribution in [3.63, 3.8) is 0 Å². The lowest BCUT2D eigenvalue weighted by Gasteiger charge is -2.08. The second-order valence-corrected chi connectivity index (χ2v) is 5.73. The van der Waals surface area contributed by atoms with Crippen LogP contribution in [0.25, 0.3) is 5.57 Å². The van der Waals surface area contributed by atoms with Gasteiger partial charge in [-0.05, 0) is 60.6 Å². The van der Waals surface area contributed by atoms with Crippen LogP contribution in [0.3, 0.4) is 0 Å². The lowest BCUT2D eigenvalue weighted by atomic mass is 9.97. The lowest BCUT2D eigenvalue weighted by Crippen LogP contribution is -1.92. The van der Waals surface area contributed by atoms with E-state index in [2.05, 4.69) is 48.3 Å². The third-order valence-corrected chi connectivity index (χ3v) is 4.17. The van der Waals surface area contributed by atoms with Gasteiger partial charge in [-0.2, -0.15) is 0 Å². The first kappa shape index (κ1) is 11.0. The number of allylic oxidation sites excluding steroid dienone is 1. The molecule has 1 heterocycles. The molecule has 0 N–H and O–H groups in total. The fourth-order valence-corrected chi connectivity index (χ4v) is 2.93. The van der Waals surface area contributed by atoms with Crippen LogP contribution in [-0.4, -0.2) is 4.98 Å². The minimum absolute atomic E-state index is 0.721. The second-order valence-electron chi connectivity index (χ2n) is 5.73. The molecule has 0 aliphatic heterocycles. The highest BCUT2D eigenvalue weighted by Gasteiger charge is 2.25. The summed E-state index contributed by atoms with van der Waals surface area (Å²) in [5.41, 5.74) is 8.20. The Kier molecular flexibility index (Phi) is 2.34. The molecular formula is C18H17N. The van der Waals surface area contributed by atoms with Crippen LogP contribution in [0, 0.1) is 6.92 Å². The molecule has 0 atom stereocenters. The number of rotatable bonds is 2. The van der Waals surface area contributed by atoms with Crippen LogP contribution in [0.5, 0.6) is 0 Å². The maximum absolute atomic E-state index is 4.52. The van der Waals surface area contributed by atoms with Gasteiger partial charge in [0.2, 0.25) is 0 Å². The fourth-order valence-electron chi connectivity index (χ4n) is 2.93. The summed E-state index contributed by atoms with van der Waals surface area (Å²) in [7, 11) is 0. The molecule has 2 aliphatic carbocycles. The van der Waals surface area contributed by atoms with Crippen molar-refractivity contribution < 1.29 is 0 Å². The molecule has 1 saturated carbocycles. The maximum atomic E-state index is 4.52. The van der Waals surface area contributed by atoms with Gasteiger partial charge in [-0.3, -0.25) is 4.98 Å². The van der Waals surface area contributed by atoms with Gasteiger partial charge in [0.1, 0.15) is 0 Å². The smallest absolute Gasteiger partial charge is 0.0440 e. The van der Waals surface area contributed by atoms with Crippen molar-refractivity contribution >= 4 is 5.57 Å². The number of hydrogen-bond acceptors (Lipinski definition) is 1. The van der Waals surface area contributed by atoms with E-state index >= 15 is 0 Å². The zero-order valence-electron chi connectivity index (χ0n) is 11.2. The second kappa shape index (κ2) is 4.06. The zero-order valence-corrected chi connectivity index (χ0v) is 11.2. The summed E-state index contributed by atoms with van der Waals surface area (Å²) in [5, 5.41) is 0. The molecule has 0 amide bonds. The number of hydrogen-bond donors (Lipinski definition) is 0. The summed E-state index contributed by atoms with van der Waals surface area (Å²) in [6, 6.07) is 11.2. The number of aromatic nitrogens is 1.